The molecule has 0 bridgehead atoms. The van der Waals surface area contributed by atoms with Crippen molar-refractivity contribution in [3.63, 3.8) is 0 Å². The fourth-order valence-corrected chi connectivity index (χ4v) is 1.49. The Morgan fingerprint density at radius 2 is 2.00 bits per heavy atom. The maximum Gasteiger partial charge on any atom is 0.122 e. The lowest BCUT2D eigenvalue weighted by atomic mass is 10.0. The predicted molar refractivity (Wildman–Crippen MR) is 65.4 cm³/mol. The van der Waals surface area contributed by atoms with Gasteiger partial charge in [0.2, 0.25) is 0 Å². The van der Waals surface area contributed by atoms with Crippen molar-refractivity contribution in [3.8, 4) is 5.75 Å². The Labute approximate surface area is 97.1 Å². The van der Waals surface area contributed by atoms with Gasteiger partial charge in [0.05, 0.1) is 0 Å². The van der Waals surface area contributed by atoms with E-state index in [-0.39, 0.29) is 18.6 Å². The number of nitrogens with one attached hydrogen (secondary N) is 1. The molecule has 0 saturated heterocycles. The zero-order valence-electron chi connectivity index (χ0n) is 10.2. The molecular weight excluding hydrogens is 202 g/mol. The van der Waals surface area contributed by atoms with Crippen LogP contribution in [0.3, 0.4) is 0 Å². The summed E-state index contributed by atoms with van der Waals surface area (Å²) in [7, 11) is 0. The number of phenolic OH excluding ortho intramolecular Hbond substituents is 1. The Balaban J connectivity index is 2.58. The van der Waals surface area contributed by atoms with Crippen LogP contribution in [-0.4, -0.2) is 22.9 Å². The van der Waals surface area contributed by atoms with Gasteiger partial charge in [-0.15, -0.1) is 0 Å². The highest BCUT2D eigenvalue weighted by Gasteiger charge is 2.11. The molecule has 0 aromatic heterocycles. The highest BCUT2D eigenvalue weighted by atomic mass is 16.3. The summed E-state index contributed by atoms with van der Waals surface area (Å²) in [4.78, 5) is 0. The molecule has 0 spiro atoms. The highest BCUT2D eigenvalue weighted by Crippen LogP contribution is 2.21. The number of aliphatic hydroxyl groups is 1. The minimum atomic E-state index is 0.175. The fourth-order valence-electron chi connectivity index (χ4n) is 1.49. The van der Waals surface area contributed by atoms with E-state index in [4.69, 9.17) is 5.11 Å². The predicted octanol–water partition coefficient (Wildman–Crippen LogP) is 1.81. The zero-order valence-corrected chi connectivity index (χ0v) is 10.2. The number of phenols is 1. The van der Waals surface area contributed by atoms with Gasteiger partial charge < -0.3 is 15.5 Å². The Morgan fingerprint density at radius 1 is 1.31 bits per heavy atom. The van der Waals surface area contributed by atoms with Crippen molar-refractivity contribution in [1.29, 1.82) is 0 Å². The number of hydrogen-bond acceptors (Lipinski definition) is 3. The number of aromatic hydroxyl groups is 1. The van der Waals surface area contributed by atoms with Crippen LogP contribution in [-0.2, 0) is 6.54 Å². The molecule has 1 aromatic carbocycles. The molecule has 0 fully saturated rings. The van der Waals surface area contributed by atoms with Gasteiger partial charge in [0.25, 0.3) is 0 Å². The average molecular weight is 223 g/mol. The summed E-state index contributed by atoms with van der Waals surface area (Å²) in [5, 5.41) is 22.1. The molecule has 0 saturated carbocycles. The van der Waals surface area contributed by atoms with Crippen LogP contribution in [0.5, 0.6) is 5.75 Å². The lowest BCUT2D eigenvalue weighted by molar-refractivity contribution is 0.207. The van der Waals surface area contributed by atoms with Gasteiger partial charge >= 0.3 is 0 Å². The van der Waals surface area contributed by atoms with Crippen molar-refractivity contribution in [2.45, 2.75) is 33.4 Å². The molecule has 1 rings (SSSR count). The molecule has 3 nitrogen and oxygen atoms in total. The zero-order chi connectivity index (χ0) is 12.1. The summed E-state index contributed by atoms with van der Waals surface area (Å²) >= 11 is 0. The summed E-state index contributed by atoms with van der Waals surface area (Å²) in [5.74, 6) is 0.575. The lowest BCUT2D eigenvalue weighted by Gasteiger charge is -2.19. The van der Waals surface area contributed by atoms with Gasteiger partial charge in [-0.3, -0.25) is 0 Å². The second kappa shape index (κ2) is 5.87. The van der Waals surface area contributed by atoms with Gasteiger partial charge in [0, 0.05) is 24.8 Å². The van der Waals surface area contributed by atoms with Gasteiger partial charge in [-0.2, -0.15) is 0 Å². The van der Waals surface area contributed by atoms with Gasteiger partial charge in [-0.1, -0.05) is 25.1 Å². The van der Waals surface area contributed by atoms with Gasteiger partial charge in [0.1, 0.15) is 5.75 Å². The molecular formula is C13H21NO2. The van der Waals surface area contributed by atoms with Crippen molar-refractivity contribution >= 4 is 0 Å². The van der Waals surface area contributed by atoms with Crippen molar-refractivity contribution in [1.82, 2.24) is 5.32 Å². The van der Waals surface area contributed by atoms with E-state index in [0.29, 0.717) is 12.3 Å². The monoisotopic (exact) mass is 223 g/mol. The molecule has 0 aliphatic rings. The normalized spacial score (nSPS) is 14.8. The van der Waals surface area contributed by atoms with Crippen molar-refractivity contribution < 1.29 is 10.2 Å². The van der Waals surface area contributed by atoms with Crippen LogP contribution in [0, 0.1) is 12.8 Å². The third-order valence-corrected chi connectivity index (χ3v) is 3.08. The van der Waals surface area contributed by atoms with E-state index >= 15 is 0 Å². The maximum absolute atomic E-state index is 9.82. The summed E-state index contributed by atoms with van der Waals surface area (Å²) in [5.41, 5.74) is 1.79. The molecule has 0 radical (unpaired) electrons. The molecule has 1 aromatic rings. The Kier molecular flexibility index (Phi) is 4.77. The third kappa shape index (κ3) is 3.22. The van der Waals surface area contributed by atoms with Gasteiger partial charge in [-0.25, -0.2) is 0 Å². The minimum Gasteiger partial charge on any atom is -0.507 e. The number of hydrogen-bond donors (Lipinski definition) is 3. The van der Waals surface area contributed by atoms with Crippen LogP contribution in [0.1, 0.15) is 25.0 Å². The standard InChI is InChI=1S/C13H21NO2/c1-9-5-4-6-12(13(9)16)7-14-11(3)10(2)8-15/h4-6,10-11,14-16H,7-8H2,1-3H3. The van der Waals surface area contributed by atoms with Crippen molar-refractivity contribution in [3.05, 3.63) is 29.3 Å². The van der Waals surface area contributed by atoms with Gasteiger partial charge in [-0.05, 0) is 25.3 Å². The van der Waals surface area contributed by atoms with E-state index in [9.17, 15) is 5.11 Å². The van der Waals surface area contributed by atoms with E-state index < -0.39 is 0 Å². The summed E-state index contributed by atoms with van der Waals surface area (Å²) in [6, 6.07) is 5.96. The van der Waals surface area contributed by atoms with Crippen molar-refractivity contribution in [2.24, 2.45) is 5.92 Å². The molecule has 0 aliphatic heterocycles. The summed E-state index contributed by atoms with van der Waals surface area (Å²) < 4.78 is 0. The van der Waals surface area contributed by atoms with Crippen LogP contribution in [0.4, 0.5) is 0 Å². The molecule has 0 heterocycles. The maximum atomic E-state index is 9.82. The third-order valence-electron chi connectivity index (χ3n) is 3.08. The Hall–Kier alpha value is -1.06. The smallest absolute Gasteiger partial charge is 0.122 e. The first-order chi connectivity index (χ1) is 7.56. The van der Waals surface area contributed by atoms with Crippen LogP contribution in [0.25, 0.3) is 0 Å². The van der Waals surface area contributed by atoms with E-state index in [0.717, 1.165) is 11.1 Å². The van der Waals surface area contributed by atoms with E-state index in [2.05, 4.69) is 5.32 Å². The van der Waals surface area contributed by atoms with Crippen molar-refractivity contribution in [2.75, 3.05) is 6.61 Å². The van der Waals surface area contributed by atoms with Gasteiger partial charge in [0.15, 0.2) is 0 Å². The lowest BCUT2D eigenvalue weighted by Crippen LogP contribution is -2.33. The Morgan fingerprint density at radius 3 is 2.62 bits per heavy atom. The molecule has 3 heteroatoms. The number of aryl methyl sites for hydroxylation is 1. The number of aliphatic hydroxyl groups excluding tert-OH is 1. The summed E-state index contributed by atoms with van der Waals surface area (Å²) in [6.45, 7) is 6.72. The second-order valence-corrected chi connectivity index (χ2v) is 4.41. The largest absolute Gasteiger partial charge is 0.507 e. The molecule has 2 atom stereocenters. The van der Waals surface area contributed by atoms with Crippen LogP contribution < -0.4 is 5.32 Å². The molecule has 3 N–H and O–H groups in total. The first-order valence-electron chi connectivity index (χ1n) is 5.68. The number of rotatable bonds is 5. The summed E-state index contributed by atoms with van der Waals surface area (Å²) in [6.07, 6.45) is 0. The molecule has 0 amide bonds. The van der Waals surface area contributed by atoms with Crippen LogP contribution in [0.15, 0.2) is 18.2 Å². The minimum absolute atomic E-state index is 0.175. The van der Waals surface area contributed by atoms with Crippen LogP contribution >= 0.6 is 0 Å². The SMILES string of the molecule is Cc1cccc(CNC(C)C(C)CO)c1O. The first kappa shape index (κ1) is 13.0. The number of benzene rings is 1. The fraction of sp³-hybridized carbons (Fsp3) is 0.538. The Bertz CT molecular complexity index is 339. The molecule has 2 unspecified atom stereocenters. The van der Waals surface area contributed by atoms with E-state index in [1.54, 1.807) is 0 Å². The molecule has 0 aliphatic carbocycles. The van der Waals surface area contributed by atoms with Crippen LogP contribution in [0.2, 0.25) is 0 Å². The topological polar surface area (TPSA) is 52.5 Å². The highest BCUT2D eigenvalue weighted by molar-refractivity contribution is 5.39. The number of para-hydroxylation sites is 1. The quantitative estimate of drug-likeness (QED) is 0.713. The molecule has 16 heavy (non-hydrogen) atoms. The van der Waals surface area contributed by atoms with E-state index in [1.165, 1.54) is 0 Å². The van der Waals surface area contributed by atoms with E-state index in [1.807, 2.05) is 39.0 Å². The second-order valence-electron chi connectivity index (χ2n) is 4.41. The first-order valence-corrected chi connectivity index (χ1v) is 5.68. The average Bonchev–Trinajstić information content (AvgIpc) is 2.29. The molecule has 90 valence electrons.